The van der Waals surface area contributed by atoms with Crippen LogP contribution in [0.25, 0.3) is 0 Å². The van der Waals surface area contributed by atoms with Crippen LogP contribution in [0, 0.1) is 0 Å². The number of para-hydroxylation sites is 2. The molecule has 0 saturated heterocycles. The summed E-state index contributed by atoms with van der Waals surface area (Å²) in [5, 5.41) is 3.45. The second-order valence-corrected chi connectivity index (χ2v) is 8.88. The van der Waals surface area contributed by atoms with Gasteiger partial charge in [-0.25, -0.2) is 0 Å². The van der Waals surface area contributed by atoms with Crippen molar-refractivity contribution in [2.75, 3.05) is 13.6 Å². The standard InChI is InChI=1S/C25H34N2O2/c1-19(2)28-23-10-6-4-8-20(23)16-27-17-21-9-5-7-11-24(21)29-25(18-27)14-12-22(26-3)13-15-25/h4-11,19,22,26H,12-18H2,1-3H3. The van der Waals surface area contributed by atoms with Gasteiger partial charge in [0.05, 0.1) is 6.10 Å². The minimum Gasteiger partial charge on any atom is -0.491 e. The Morgan fingerprint density at radius 1 is 1.10 bits per heavy atom. The van der Waals surface area contributed by atoms with Crippen molar-refractivity contribution < 1.29 is 9.47 Å². The molecule has 0 bridgehead atoms. The summed E-state index contributed by atoms with van der Waals surface area (Å²) in [7, 11) is 2.07. The molecule has 1 fully saturated rings. The van der Waals surface area contributed by atoms with Gasteiger partial charge in [0.15, 0.2) is 0 Å². The molecule has 1 N–H and O–H groups in total. The maximum absolute atomic E-state index is 6.74. The molecule has 2 aromatic rings. The van der Waals surface area contributed by atoms with E-state index in [4.69, 9.17) is 9.47 Å². The van der Waals surface area contributed by atoms with Crippen LogP contribution in [0.4, 0.5) is 0 Å². The van der Waals surface area contributed by atoms with E-state index in [2.05, 4.69) is 79.6 Å². The van der Waals surface area contributed by atoms with E-state index >= 15 is 0 Å². The Balaban J connectivity index is 1.60. The Morgan fingerprint density at radius 2 is 1.83 bits per heavy atom. The first-order valence-corrected chi connectivity index (χ1v) is 11.0. The van der Waals surface area contributed by atoms with E-state index < -0.39 is 0 Å². The fraction of sp³-hybridized carbons (Fsp3) is 0.520. The van der Waals surface area contributed by atoms with Crippen LogP contribution in [0.5, 0.6) is 11.5 Å². The molecular formula is C25H34N2O2. The normalized spacial score (nSPS) is 24.8. The van der Waals surface area contributed by atoms with E-state index in [0.717, 1.165) is 44.0 Å². The quantitative estimate of drug-likeness (QED) is 0.792. The van der Waals surface area contributed by atoms with Crippen molar-refractivity contribution >= 4 is 0 Å². The lowest BCUT2D eigenvalue weighted by molar-refractivity contribution is -0.00341. The topological polar surface area (TPSA) is 33.7 Å². The van der Waals surface area contributed by atoms with Gasteiger partial charge in [-0.15, -0.1) is 0 Å². The Kier molecular flexibility index (Phi) is 6.12. The van der Waals surface area contributed by atoms with Crippen LogP contribution < -0.4 is 14.8 Å². The molecule has 29 heavy (non-hydrogen) atoms. The minimum absolute atomic E-state index is 0.103. The number of hydrogen-bond donors (Lipinski definition) is 1. The highest BCUT2D eigenvalue weighted by Crippen LogP contribution is 2.39. The zero-order valence-corrected chi connectivity index (χ0v) is 18.0. The molecule has 2 aromatic carbocycles. The van der Waals surface area contributed by atoms with Crippen molar-refractivity contribution in [3.63, 3.8) is 0 Å². The number of benzene rings is 2. The van der Waals surface area contributed by atoms with E-state index in [1.54, 1.807) is 0 Å². The molecular weight excluding hydrogens is 360 g/mol. The molecule has 4 nitrogen and oxygen atoms in total. The number of rotatable bonds is 5. The van der Waals surface area contributed by atoms with Crippen molar-refractivity contribution in [1.82, 2.24) is 10.2 Å². The lowest BCUT2D eigenvalue weighted by atomic mass is 9.81. The third-order valence-electron chi connectivity index (χ3n) is 6.24. The summed E-state index contributed by atoms with van der Waals surface area (Å²) in [4.78, 5) is 2.55. The highest BCUT2D eigenvalue weighted by Gasteiger charge is 2.40. The smallest absolute Gasteiger partial charge is 0.124 e. The van der Waals surface area contributed by atoms with E-state index in [9.17, 15) is 0 Å². The van der Waals surface area contributed by atoms with Gasteiger partial charge in [-0.3, -0.25) is 4.90 Å². The summed E-state index contributed by atoms with van der Waals surface area (Å²) in [5.41, 5.74) is 2.43. The van der Waals surface area contributed by atoms with Crippen LogP contribution >= 0.6 is 0 Å². The van der Waals surface area contributed by atoms with E-state index in [1.807, 2.05) is 0 Å². The molecule has 1 heterocycles. The summed E-state index contributed by atoms with van der Waals surface area (Å²) in [6.07, 6.45) is 4.69. The fourth-order valence-corrected chi connectivity index (χ4v) is 4.75. The van der Waals surface area contributed by atoms with Gasteiger partial charge in [0.25, 0.3) is 0 Å². The minimum atomic E-state index is -0.103. The number of nitrogens with one attached hydrogen (secondary N) is 1. The summed E-state index contributed by atoms with van der Waals surface area (Å²) in [5.74, 6) is 2.05. The maximum atomic E-state index is 6.74. The van der Waals surface area contributed by atoms with E-state index in [0.29, 0.717) is 6.04 Å². The molecule has 1 aliphatic heterocycles. The Bertz CT molecular complexity index is 812. The van der Waals surface area contributed by atoms with Gasteiger partial charge in [-0.2, -0.15) is 0 Å². The van der Waals surface area contributed by atoms with Crippen LogP contribution in [0.1, 0.15) is 50.7 Å². The molecule has 1 saturated carbocycles. The predicted molar refractivity (Wildman–Crippen MR) is 117 cm³/mol. The molecule has 1 aliphatic carbocycles. The molecule has 1 spiro atoms. The van der Waals surface area contributed by atoms with Gasteiger partial charge >= 0.3 is 0 Å². The van der Waals surface area contributed by atoms with Crippen LogP contribution in [-0.2, 0) is 13.1 Å². The molecule has 156 valence electrons. The van der Waals surface area contributed by atoms with Crippen LogP contribution in [0.2, 0.25) is 0 Å². The summed E-state index contributed by atoms with van der Waals surface area (Å²) >= 11 is 0. The molecule has 0 radical (unpaired) electrons. The third kappa shape index (κ3) is 4.76. The van der Waals surface area contributed by atoms with Gasteiger partial charge in [0, 0.05) is 36.8 Å². The molecule has 2 aliphatic rings. The first-order chi connectivity index (χ1) is 14.1. The maximum Gasteiger partial charge on any atom is 0.124 e. The van der Waals surface area contributed by atoms with Crippen molar-refractivity contribution in [2.24, 2.45) is 0 Å². The van der Waals surface area contributed by atoms with Gasteiger partial charge < -0.3 is 14.8 Å². The van der Waals surface area contributed by atoms with Crippen LogP contribution in [0.15, 0.2) is 48.5 Å². The number of ether oxygens (including phenoxy) is 2. The number of fused-ring (bicyclic) bond motifs is 1. The fourth-order valence-electron chi connectivity index (χ4n) is 4.75. The van der Waals surface area contributed by atoms with Crippen LogP contribution in [0.3, 0.4) is 0 Å². The highest BCUT2D eigenvalue weighted by atomic mass is 16.5. The number of nitrogens with zero attached hydrogens (tertiary/aromatic N) is 1. The predicted octanol–water partition coefficient (Wildman–Crippen LogP) is 4.77. The first-order valence-electron chi connectivity index (χ1n) is 11.0. The van der Waals surface area contributed by atoms with Crippen molar-refractivity contribution in [3.05, 3.63) is 59.7 Å². The van der Waals surface area contributed by atoms with Crippen molar-refractivity contribution in [3.8, 4) is 11.5 Å². The largest absolute Gasteiger partial charge is 0.491 e. The SMILES string of the molecule is CNC1CCC2(CC1)CN(Cc1ccccc1OC(C)C)Cc1ccccc1O2. The Hall–Kier alpha value is -2.04. The molecule has 4 rings (SSSR count). The lowest BCUT2D eigenvalue weighted by Gasteiger charge is -2.41. The molecule has 0 aromatic heterocycles. The van der Waals surface area contributed by atoms with Crippen molar-refractivity contribution in [2.45, 2.75) is 70.4 Å². The Labute approximate surface area is 175 Å². The molecule has 0 atom stereocenters. The second kappa shape index (κ2) is 8.76. The zero-order valence-electron chi connectivity index (χ0n) is 18.0. The molecule has 0 amide bonds. The molecule has 0 unspecified atom stereocenters. The average molecular weight is 395 g/mol. The number of hydrogen-bond acceptors (Lipinski definition) is 4. The lowest BCUT2D eigenvalue weighted by Crippen LogP contribution is -2.50. The summed E-state index contributed by atoms with van der Waals surface area (Å²) in [6.45, 7) is 6.90. The van der Waals surface area contributed by atoms with Gasteiger partial charge in [-0.05, 0) is 58.7 Å². The van der Waals surface area contributed by atoms with E-state index in [-0.39, 0.29) is 11.7 Å². The van der Waals surface area contributed by atoms with Gasteiger partial charge in [0.2, 0.25) is 0 Å². The van der Waals surface area contributed by atoms with Gasteiger partial charge in [0.1, 0.15) is 17.1 Å². The first kappa shape index (κ1) is 20.2. The average Bonchev–Trinajstić information content (AvgIpc) is 2.86. The Morgan fingerprint density at radius 3 is 2.59 bits per heavy atom. The zero-order chi connectivity index (χ0) is 20.3. The van der Waals surface area contributed by atoms with Crippen molar-refractivity contribution in [1.29, 1.82) is 0 Å². The third-order valence-corrected chi connectivity index (χ3v) is 6.24. The van der Waals surface area contributed by atoms with E-state index in [1.165, 1.54) is 24.0 Å². The van der Waals surface area contributed by atoms with Gasteiger partial charge in [-0.1, -0.05) is 36.4 Å². The molecule has 4 heteroatoms. The summed E-state index contributed by atoms with van der Waals surface area (Å²) < 4.78 is 12.8. The highest BCUT2D eigenvalue weighted by molar-refractivity contribution is 5.36. The van der Waals surface area contributed by atoms with Crippen LogP contribution in [-0.4, -0.2) is 36.2 Å². The monoisotopic (exact) mass is 394 g/mol. The summed E-state index contributed by atoms with van der Waals surface area (Å²) in [6, 6.07) is 17.6. The second-order valence-electron chi connectivity index (χ2n) is 8.88.